The van der Waals surface area contributed by atoms with Crippen molar-refractivity contribution < 1.29 is 5.11 Å². The van der Waals surface area contributed by atoms with Crippen molar-refractivity contribution in [2.45, 2.75) is 70.9 Å². The number of nitrogens with one attached hydrogen (secondary N) is 2. The van der Waals surface area contributed by atoms with E-state index in [0.29, 0.717) is 17.9 Å². The lowest BCUT2D eigenvalue weighted by Gasteiger charge is -2.29. The van der Waals surface area contributed by atoms with Crippen molar-refractivity contribution in [1.82, 2.24) is 15.3 Å². The van der Waals surface area contributed by atoms with Gasteiger partial charge in [0.15, 0.2) is 0 Å². The first-order valence-corrected chi connectivity index (χ1v) is 7.94. The molecule has 1 atom stereocenters. The molecule has 1 aliphatic carbocycles. The van der Waals surface area contributed by atoms with E-state index < -0.39 is 5.60 Å². The summed E-state index contributed by atoms with van der Waals surface area (Å²) in [6.07, 6.45) is 6.26. The minimum absolute atomic E-state index is 0.0899. The number of aliphatic hydroxyl groups is 1. The van der Waals surface area contributed by atoms with Gasteiger partial charge in [0.1, 0.15) is 5.82 Å². The van der Waals surface area contributed by atoms with Gasteiger partial charge < -0.3 is 15.4 Å². The highest BCUT2D eigenvalue weighted by molar-refractivity contribution is 5.20. The average Bonchev–Trinajstić information content (AvgIpc) is 2.61. The Morgan fingerprint density at radius 1 is 1.29 bits per heavy atom. The first kappa shape index (κ1) is 16.2. The summed E-state index contributed by atoms with van der Waals surface area (Å²) in [7, 11) is 0. The van der Waals surface area contributed by atoms with Gasteiger partial charge in [-0.25, -0.2) is 4.98 Å². The highest BCUT2D eigenvalue weighted by Crippen LogP contribution is 2.27. The first-order valence-electron chi connectivity index (χ1n) is 7.94. The summed E-state index contributed by atoms with van der Waals surface area (Å²) in [5, 5.41) is 14.0. The third-order valence-corrected chi connectivity index (χ3v) is 4.47. The van der Waals surface area contributed by atoms with Gasteiger partial charge in [0.05, 0.1) is 11.2 Å². The minimum Gasteiger partial charge on any atom is -0.389 e. The van der Waals surface area contributed by atoms with Gasteiger partial charge in [-0.2, -0.15) is 0 Å². The molecule has 1 unspecified atom stereocenters. The quantitative estimate of drug-likeness (QED) is 0.743. The molecule has 1 aliphatic rings. The molecule has 118 valence electrons. The highest BCUT2D eigenvalue weighted by atomic mass is 16.3. The Labute approximate surface area is 126 Å². The van der Waals surface area contributed by atoms with Gasteiger partial charge in [-0.3, -0.25) is 4.79 Å². The molecule has 1 aromatic heterocycles. The van der Waals surface area contributed by atoms with E-state index in [1.807, 2.05) is 13.8 Å². The van der Waals surface area contributed by atoms with E-state index in [1.165, 1.54) is 12.8 Å². The van der Waals surface area contributed by atoms with Crippen LogP contribution >= 0.6 is 0 Å². The summed E-state index contributed by atoms with van der Waals surface area (Å²) in [5.41, 5.74) is 0.693. The van der Waals surface area contributed by atoms with Crippen molar-refractivity contribution in [3.8, 4) is 0 Å². The zero-order valence-electron chi connectivity index (χ0n) is 13.3. The summed E-state index contributed by atoms with van der Waals surface area (Å²) in [4.78, 5) is 19.2. The number of hydrogen-bond donors (Lipinski definition) is 3. The minimum atomic E-state index is -0.635. The van der Waals surface area contributed by atoms with Crippen LogP contribution in [0.5, 0.6) is 0 Å². The Morgan fingerprint density at radius 2 is 1.90 bits per heavy atom. The van der Waals surface area contributed by atoms with Crippen LogP contribution < -0.4 is 10.9 Å². The lowest BCUT2D eigenvalue weighted by molar-refractivity contribution is 0.0231. The Hall–Kier alpha value is -1.20. The van der Waals surface area contributed by atoms with Crippen molar-refractivity contribution >= 4 is 0 Å². The molecular weight excluding hydrogens is 266 g/mol. The van der Waals surface area contributed by atoms with Gasteiger partial charge in [-0.15, -0.1) is 0 Å². The van der Waals surface area contributed by atoms with Gasteiger partial charge in [0.25, 0.3) is 5.56 Å². The van der Waals surface area contributed by atoms with E-state index >= 15 is 0 Å². The van der Waals surface area contributed by atoms with Crippen molar-refractivity contribution in [1.29, 1.82) is 0 Å². The lowest BCUT2D eigenvalue weighted by Crippen LogP contribution is -2.42. The average molecular weight is 293 g/mol. The maximum absolute atomic E-state index is 12.1. The topological polar surface area (TPSA) is 78.0 Å². The number of aromatic amines is 1. The smallest absolute Gasteiger partial charge is 0.255 e. The Kier molecular flexibility index (Phi) is 5.17. The molecule has 21 heavy (non-hydrogen) atoms. The van der Waals surface area contributed by atoms with Crippen LogP contribution in [0.2, 0.25) is 0 Å². The third-order valence-electron chi connectivity index (χ3n) is 4.47. The van der Waals surface area contributed by atoms with Gasteiger partial charge in [0.2, 0.25) is 0 Å². The normalized spacial score (nSPS) is 20.0. The molecule has 1 saturated carbocycles. The standard InChI is InChI=1S/C16H27N3O2/c1-11(14-12(2)18-13(3)19-15(14)20)17-10-16(21)8-6-4-5-7-9-16/h11,17,21H,4-10H2,1-3H3,(H,18,19,20). The first-order chi connectivity index (χ1) is 9.91. The van der Waals surface area contributed by atoms with E-state index in [9.17, 15) is 9.90 Å². The highest BCUT2D eigenvalue weighted by Gasteiger charge is 2.28. The van der Waals surface area contributed by atoms with Crippen molar-refractivity contribution in [3.05, 3.63) is 27.4 Å². The maximum Gasteiger partial charge on any atom is 0.255 e. The fraction of sp³-hybridized carbons (Fsp3) is 0.750. The summed E-state index contributed by atoms with van der Waals surface area (Å²) in [5.74, 6) is 0.635. The number of aryl methyl sites for hydroxylation is 2. The monoisotopic (exact) mass is 293 g/mol. The molecule has 0 radical (unpaired) electrons. The number of hydrogen-bond acceptors (Lipinski definition) is 4. The van der Waals surface area contributed by atoms with E-state index in [1.54, 1.807) is 6.92 Å². The molecule has 3 N–H and O–H groups in total. The molecule has 1 aromatic rings. The zero-order chi connectivity index (χ0) is 15.5. The van der Waals surface area contributed by atoms with Crippen molar-refractivity contribution in [2.24, 2.45) is 0 Å². The SMILES string of the molecule is Cc1nc(C)c(C(C)NCC2(O)CCCCCC2)c(=O)[nH]1. The second kappa shape index (κ2) is 6.71. The van der Waals surface area contributed by atoms with Gasteiger partial charge >= 0.3 is 0 Å². The second-order valence-corrected chi connectivity index (χ2v) is 6.39. The molecule has 1 fully saturated rings. The molecule has 0 amide bonds. The van der Waals surface area contributed by atoms with Crippen LogP contribution in [0.3, 0.4) is 0 Å². The van der Waals surface area contributed by atoms with Crippen LogP contribution in [0.1, 0.15) is 68.6 Å². The molecule has 0 bridgehead atoms. The molecule has 1 heterocycles. The Bertz CT molecular complexity index is 531. The molecule has 0 saturated heterocycles. The molecule has 5 heteroatoms. The summed E-state index contributed by atoms with van der Waals surface area (Å²) in [6.45, 7) is 6.12. The molecular formula is C16H27N3O2. The summed E-state index contributed by atoms with van der Waals surface area (Å²) in [6, 6.07) is -0.117. The van der Waals surface area contributed by atoms with Crippen LogP contribution in [-0.4, -0.2) is 27.2 Å². The Balaban J connectivity index is 2.05. The van der Waals surface area contributed by atoms with Gasteiger partial charge in [-0.1, -0.05) is 25.7 Å². The number of nitrogens with zero attached hydrogens (tertiary/aromatic N) is 1. The number of aromatic nitrogens is 2. The molecule has 5 nitrogen and oxygen atoms in total. The van der Waals surface area contributed by atoms with Crippen molar-refractivity contribution in [2.75, 3.05) is 6.54 Å². The van der Waals surface area contributed by atoms with Crippen LogP contribution in [-0.2, 0) is 0 Å². The molecule has 0 spiro atoms. The fourth-order valence-corrected chi connectivity index (χ4v) is 3.25. The van der Waals surface area contributed by atoms with E-state index in [2.05, 4.69) is 15.3 Å². The lowest BCUT2D eigenvalue weighted by atomic mass is 9.94. The predicted molar refractivity (Wildman–Crippen MR) is 83.4 cm³/mol. The molecule has 0 aromatic carbocycles. The predicted octanol–water partition coefficient (Wildman–Crippen LogP) is 2.12. The van der Waals surface area contributed by atoms with Gasteiger partial charge in [0, 0.05) is 18.3 Å². The number of H-pyrrole nitrogens is 1. The van der Waals surface area contributed by atoms with E-state index in [0.717, 1.165) is 31.4 Å². The number of rotatable bonds is 4. The fourth-order valence-electron chi connectivity index (χ4n) is 3.25. The van der Waals surface area contributed by atoms with Crippen LogP contribution in [0.15, 0.2) is 4.79 Å². The van der Waals surface area contributed by atoms with Gasteiger partial charge in [-0.05, 0) is 33.6 Å². The molecule has 2 rings (SSSR count). The van der Waals surface area contributed by atoms with E-state index in [-0.39, 0.29) is 11.6 Å². The van der Waals surface area contributed by atoms with Crippen LogP contribution in [0.25, 0.3) is 0 Å². The largest absolute Gasteiger partial charge is 0.389 e. The molecule has 0 aliphatic heterocycles. The second-order valence-electron chi connectivity index (χ2n) is 6.39. The van der Waals surface area contributed by atoms with E-state index in [4.69, 9.17) is 0 Å². The maximum atomic E-state index is 12.1. The summed E-state index contributed by atoms with van der Waals surface area (Å²) < 4.78 is 0. The third kappa shape index (κ3) is 4.14. The van der Waals surface area contributed by atoms with Crippen LogP contribution in [0.4, 0.5) is 0 Å². The Morgan fingerprint density at radius 3 is 2.48 bits per heavy atom. The zero-order valence-corrected chi connectivity index (χ0v) is 13.3. The summed E-state index contributed by atoms with van der Waals surface area (Å²) >= 11 is 0. The van der Waals surface area contributed by atoms with Crippen LogP contribution in [0, 0.1) is 13.8 Å². The van der Waals surface area contributed by atoms with Crippen molar-refractivity contribution in [3.63, 3.8) is 0 Å².